The Morgan fingerprint density at radius 1 is 1.24 bits per heavy atom. The van der Waals surface area contributed by atoms with Gasteiger partial charge >= 0.3 is 0 Å². The van der Waals surface area contributed by atoms with Gasteiger partial charge in [-0.2, -0.15) is 0 Å². The molecule has 0 aromatic rings. The zero-order valence-corrected chi connectivity index (χ0v) is 14.9. The van der Waals surface area contributed by atoms with Gasteiger partial charge < -0.3 is 10.2 Å². The number of carbonyl (C=O) groups is 1. The van der Waals surface area contributed by atoms with E-state index in [-0.39, 0.29) is 5.91 Å². The molecule has 2 aliphatic heterocycles. The first-order valence-electron chi connectivity index (χ1n) is 8.51. The molecular formula is C16H30N2OS2. The Morgan fingerprint density at radius 3 is 2.76 bits per heavy atom. The Bertz CT molecular complexity index is 301. The lowest BCUT2D eigenvalue weighted by Crippen LogP contribution is -2.39. The molecule has 0 unspecified atom stereocenters. The number of nitrogens with one attached hydrogen (secondary N) is 1. The lowest BCUT2D eigenvalue weighted by molar-refractivity contribution is -0.121. The van der Waals surface area contributed by atoms with Crippen molar-refractivity contribution in [3.63, 3.8) is 0 Å². The van der Waals surface area contributed by atoms with E-state index in [1.165, 1.54) is 50.9 Å². The van der Waals surface area contributed by atoms with E-state index in [1.807, 2.05) is 21.6 Å². The number of amides is 1. The van der Waals surface area contributed by atoms with E-state index in [0.29, 0.717) is 6.42 Å². The van der Waals surface area contributed by atoms with Gasteiger partial charge in [0.2, 0.25) is 5.91 Å². The monoisotopic (exact) mass is 330 g/mol. The Kier molecular flexibility index (Phi) is 8.33. The topological polar surface area (TPSA) is 32.3 Å². The number of hydrogen-bond acceptors (Lipinski definition) is 4. The van der Waals surface area contributed by atoms with Crippen LogP contribution in [0.15, 0.2) is 0 Å². The predicted molar refractivity (Wildman–Crippen MR) is 94.8 cm³/mol. The van der Waals surface area contributed by atoms with E-state index in [0.717, 1.165) is 30.7 Å². The second-order valence-corrected chi connectivity index (χ2v) is 9.24. The van der Waals surface area contributed by atoms with E-state index in [4.69, 9.17) is 0 Å². The predicted octanol–water partition coefficient (Wildman–Crippen LogP) is 3.55. The van der Waals surface area contributed by atoms with E-state index >= 15 is 0 Å². The van der Waals surface area contributed by atoms with Gasteiger partial charge in [0.05, 0.1) is 0 Å². The van der Waals surface area contributed by atoms with Crippen molar-refractivity contribution in [3.8, 4) is 0 Å². The number of nitrogens with zero attached hydrogens (tertiary/aromatic N) is 1. The molecule has 1 N–H and O–H groups in total. The molecule has 0 aromatic heterocycles. The van der Waals surface area contributed by atoms with Crippen LogP contribution >= 0.6 is 21.6 Å². The summed E-state index contributed by atoms with van der Waals surface area (Å²) >= 11 is 0. The quantitative estimate of drug-likeness (QED) is 0.545. The van der Waals surface area contributed by atoms with Crippen LogP contribution in [-0.2, 0) is 4.79 Å². The molecule has 0 aliphatic carbocycles. The molecule has 3 nitrogen and oxygen atoms in total. The largest absolute Gasteiger partial charge is 0.355 e. The molecule has 0 radical (unpaired) electrons. The molecule has 0 bridgehead atoms. The molecule has 2 saturated heterocycles. The molecule has 0 spiro atoms. The van der Waals surface area contributed by atoms with Crippen LogP contribution in [-0.4, -0.2) is 48.0 Å². The van der Waals surface area contributed by atoms with Gasteiger partial charge in [-0.3, -0.25) is 4.79 Å². The lowest BCUT2D eigenvalue weighted by Gasteiger charge is -2.30. The number of likely N-dealkylation sites (tertiary alicyclic amines) is 1. The highest BCUT2D eigenvalue weighted by Gasteiger charge is 2.16. The molecule has 2 rings (SSSR count). The van der Waals surface area contributed by atoms with Crippen LogP contribution in [0.4, 0.5) is 0 Å². The van der Waals surface area contributed by atoms with Gasteiger partial charge in [0.15, 0.2) is 0 Å². The first-order chi connectivity index (χ1) is 10.2. The van der Waals surface area contributed by atoms with Crippen molar-refractivity contribution in [1.29, 1.82) is 0 Å². The number of hydrogen-bond donors (Lipinski definition) is 1. The lowest BCUT2D eigenvalue weighted by atomic mass is 9.99. The van der Waals surface area contributed by atoms with Crippen molar-refractivity contribution in [3.05, 3.63) is 0 Å². The average molecular weight is 331 g/mol. The molecule has 2 aliphatic rings. The van der Waals surface area contributed by atoms with Crippen molar-refractivity contribution < 1.29 is 4.79 Å². The summed E-state index contributed by atoms with van der Waals surface area (Å²) in [5.74, 6) is 2.44. The van der Waals surface area contributed by atoms with Gasteiger partial charge in [0, 0.05) is 30.5 Å². The maximum Gasteiger partial charge on any atom is 0.220 e. The zero-order chi connectivity index (χ0) is 14.9. The third-order valence-corrected chi connectivity index (χ3v) is 7.54. The molecular weight excluding hydrogens is 300 g/mol. The molecule has 1 amide bonds. The summed E-state index contributed by atoms with van der Waals surface area (Å²) < 4.78 is 0. The smallest absolute Gasteiger partial charge is 0.220 e. The second kappa shape index (κ2) is 10.0. The molecule has 5 heteroatoms. The highest BCUT2D eigenvalue weighted by atomic mass is 33.1. The summed E-state index contributed by atoms with van der Waals surface area (Å²) in [6.45, 7) is 6.58. The molecule has 0 aromatic carbocycles. The number of rotatable bonds is 8. The van der Waals surface area contributed by atoms with Crippen LogP contribution in [0, 0.1) is 5.92 Å². The van der Waals surface area contributed by atoms with E-state index in [2.05, 4.69) is 17.1 Å². The fraction of sp³-hybridized carbons (Fsp3) is 0.938. The third-order valence-electron chi connectivity index (χ3n) is 4.53. The molecule has 0 saturated carbocycles. The van der Waals surface area contributed by atoms with Gasteiger partial charge in [-0.1, -0.05) is 34.9 Å². The molecule has 2 heterocycles. The van der Waals surface area contributed by atoms with E-state index in [9.17, 15) is 4.79 Å². The standard InChI is InChI=1S/C16H30N2OS2/c1-14-6-10-18(11-7-14)12-9-17-16(19)5-3-2-4-15-8-13-20-21-15/h14-15H,2-13H2,1H3,(H,17,19)/t15-/m1/s1. The normalized spacial score (nSPS) is 24.3. The van der Waals surface area contributed by atoms with Crippen LogP contribution in [0.5, 0.6) is 0 Å². The van der Waals surface area contributed by atoms with Crippen LogP contribution in [0.1, 0.15) is 51.9 Å². The number of unbranched alkanes of at least 4 members (excludes halogenated alkanes) is 1. The summed E-state index contributed by atoms with van der Waals surface area (Å²) in [6.07, 6.45) is 8.23. The Hall–Kier alpha value is 0.130. The number of piperidine rings is 1. The highest BCUT2D eigenvalue weighted by Crippen LogP contribution is 2.39. The summed E-state index contributed by atoms with van der Waals surface area (Å²) in [5, 5.41) is 3.93. The summed E-state index contributed by atoms with van der Waals surface area (Å²) in [5.41, 5.74) is 0. The van der Waals surface area contributed by atoms with Crippen molar-refractivity contribution in [1.82, 2.24) is 10.2 Å². The molecule has 21 heavy (non-hydrogen) atoms. The highest BCUT2D eigenvalue weighted by molar-refractivity contribution is 8.77. The first kappa shape index (κ1) is 17.5. The third kappa shape index (κ3) is 7.29. The van der Waals surface area contributed by atoms with Crippen LogP contribution in [0.2, 0.25) is 0 Å². The maximum absolute atomic E-state index is 11.8. The minimum atomic E-state index is 0.244. The Balaban J connectivity index is 1.42. The summed E-state index contributed by atoms with van der Waals surface area (Å²) in [4.78, 5) is 14.3. The second-order valence-electron chi connectivity index (χ2n) is 6.45. The minimum absolute atomic E-state index is 0.244. The minimum Gasteiger partial charge on any atom is -0.355 e. The van der Waals surface area contributed by atoms with Crippen molar-refractivity contribution in [2.45, 2.75) is 57.1 Å². The van der Waals surface area contributed by atoms with Gasteiger partial charge in [0.25, 0.3) is 0 Å². The number of carbonyl (C=O) groups excluding carboxylic acids is 1. The fourth-order valence-corrected chi connectivity index (χ4v) is 5.98. The van der Waals surface area contributed by atoms with Crippen LogP contribution in [0.3, 0.4) is 0 Å². The van der Waals surface area contributed by atoms with Crippen molar-refractivity contribution >= 4 is 27.5 Å². The van der Waals surface area contributed by atoms with Gasteiger partial charge in [-0.15, -0.1) is 0 Å². The zero-order valence-electron chi connectivity index (χ0n) is 13.3. The van der Waals surface area contributed by atoms with E-state index in [1.54, 1.807) is 0 Å². The fourth-order valence-electron chi connectivity index (χ4n) is 2.95. The van der Waals surface area contributed by atoms with Crippen LogP contribution < -0.4 is 5.32 Å². The van der Waals surface area contributed by atoms with E-state index < -0.39 is 0 Å². The van der Waals surface area contributed by atoms with Crippen molar-refractivity contribution in [2.75, 3.05) is 31.9 Å². The Morgan fingerprint density at radius 2 is 2.05 bits per heavy atom. The molecule has 2 fully saturated rings. The summed E-state index contributed by atoms with van der Waals surface area (Å²) in [6, 6.07) is 0. The van der Waals surface area contributed by atoms with Gasteiger partial charge in [0.1, 0.15) is 0 Å². The van der Waals surface area contributed by atoms with Gasteiger partial charge in [-0.05, 0) is 51.1 Å². The SMILES string of the molecule is CC1CCN(CCNC(=O)CCCC[C@@H]2CCSS2)CC1. The average Bonchev–Trinajstić information content (AvgIpc) is 2.99. The molecule has 1 atom stereocenters. The van der Waals surface area contributed by atoms with Gasteiger partial charge in [-0.25, -0.2) is 0 Å². The van der Waals surface area contributed by atoms with Crippen molar-refractivity contribution in [2.24, 2.45) is 5.92 Å². The summed E-state index contributed by atoms with van der Waals surface area (Å²) in [7, 11) is 4.05. The maximum atomic E-state index is 11.8. The Labute approximate surface area is 137 Å². The van der Waals surface area contributed by atoms with Crippen LogP contribution in [0.25, 0.3) is 0 Å². The molecule has 122 valence electrons. The first-order valence-corrected chi connectivity index (χ1v) is 10.9.